The van der Waals surface area contributed by atoms with Crippen molar-refractivity contribution in [3.05, 3.63) is 48.0 Å². The number of aryl methyl sites for hydroxylation is 1. The number of hydrogen-bond donors (Lipinski definition) is 2. The fourth-order valence-electron chi connectivity index (χ4n) is 4.43. The van der Waals surface area contributed by atoms with Crippen molar-refractivity contribution < 1.29 is 24.5 Å². The van der Waals surface area contributed by atoms with Gasteiger partial charge in [0.2, 0.25) is 0 Å². The first-order chi connectivity index (χ1) is 13.5. The van der Waals surface area contributed by atoms with Crippen LogP contribution < -0.4 is 0 Å². The van der Waals surface area contributed by atoms with E-state index in [4.69, 9.17) is 4.74 Å². The molecule has 1 saturated heterocycles. The summed E-state index contributed by atoms with van der Waals surface area (Å²) >= 11 is 0. The van der Waals surface area contributed by atoms with Gasteiger partial charge in [0.1, 0.15) is 0 Å². The maximum atomic E-state index is 11.6. The van der Waals surface area contributed by atoms with Gasteiger partial charge in [-0.05, 0) is 60.3 Å². The van der Waals surface area contributed by atoms with Crippen LogP contribution in [0.2, 0.25) is 0 Å². The number of hydrogen-bond acceptors (Lipinski definition) is 3. The van der Waals surface area contributed by atoms with Crippen molar-refractivity contribution in [1.82, 2.24) is 0 Å². The van der Waals surface area contributed by atoms with Gasteiger partial charge in [-0.25, -0.2) is 0 Å². The van der Waals surface area contributed by atoms with Crippen LogP contribution in [0.1, 0.15) is 50.5 Å². The van der Waals surface area contributed by atoms with Gasteiger partial charge in [-0.3, -0.25) is 9.59 Å². The minimum atomic E-state index is -0.938. The highest BCUT2D eigenvalue weighted by atomic mass is 16.5. The van der Waals surface area contributed by atoms with Gasteiger partial charge in [-0.2, -0.15) is 0 Å². The molecule has 0 bridgehead atoms. The van der Waals surface area contributed by atoms with Gasteiger partial charge in [0.25, 0.3) is 0 Å². The largest absolute Gasteiger partial charge is 0.481 e. The van der Waals surface area contributed by atoms with Crippen LogP contribution in [0, 0.1) is 5.41 Å². The number of fused-ring (bicyclic) bond motifs is 1. The van der Waals surface area contributed by atoms with Gasteiger partial charge in [0.15, 0.2) is 0 Å². The van der Waals surface area contributed by atoms with E-state index in [-0.39, 0.29) is 18.9 Å². The molecule has 1 atom stereocenters. The van der Waals surface area contributed by atoms with Crippen molar-refractivity contribution in [2.45, 2.75) is 57.5 Å². The Bertz CT molecular complexity index is 801. The van der Waals surface area contributed by atoms with Gasteiger partial charge >= 0.3 is 11.9 Å². The van der Waals surface area contributed by atoms with E-state index in [1.165, 1.54) is 0 Å². The molecule has 1 aliphatic rings. The van der Waals surface area contributed by atoms with Crippen LogP contribution in [-0.4, -0.2) is 34.9 Å². The molecule has 28 heavy (non-hydrogen) atoms. The molecule has 3 rings (SSSR count). The number of carbonyl (C=O) groups is 2. The molecule has 0 radical (unpaired) electrons. The molecule has 5 heteroatoms. The van der Waals surface area contributed by atoms with Crippen molar-refractivity contribution in [1.29, 1.82) is 0 Å². The Morgan fingerprint density at radius 2 is 1.71 bits per heavy atom. The van der Waals surface area contributed by atoms with E-state index in [0.717, 1.165) is 42.2 Å². The Morgan fingerprint density at radius 3 is 2.39 bits per heavy atom. The van der Waals surface area contributed by atoms with Gasteiger partial charge in [-0.15, -0.1) is 0 Å². The van der Waals surface area contributed by atoms with Gasteiger partial charge in [0, 0.05) is 6.61 Å². The third-order valence-corrected chi connectivity index (χ3v) is 5.88. The lowest BCUT2D eigenvalue weighted by atomic mass is 9.72. The first kappa shape index (κ1) is 20.3. The molecule has 0 spiro atoms. The summed E-state index contributed by atoms with van der Waals surface area (Å²) in [7, 11) is 0. The number of aliphatic carboxylic acids is 2. The van der Waals surface area contributed by atoms with Gasteiger partial charge in [0.05, 0.1) is 18.9 Å². The van der Waals surface area contributed by atoms with Crippen molar-refractivity contribution in [3.8, 4) is 0 Å². The van der Waals surface area contributed by atoms with E-state index in [0.29, 0.717) is 19.3 Å². The Morgan fingerprint density at radius 1 is 1.00 bits per heavy atom. The minimum Gasteiger partial charge on any atom is -0.481 e. The third-order valence-electron chi connectivity index (χ3n) is 5.88. The Balaban J connectivity index is 1.81. The highest BCUT2D eigenvalue weighted by Gasteiger charge is 2.36. The second-order valence-corrected chi connectivity index (χ2v) is 7.95. The van der Waals surface area contributed by atoms with Crippen LogP contribution in [0.3, 0.4) is 0 Å². The molecule has 2 N–H and O–H groups in total. The summed E-state index contributed by atoms with van der Waals surface area (Å²) < 4.78 is 5.68. The Kier molecular flexibility index (Phi) is 6.68. The lowest BCUT2D eigenvalue weighted by molar-refractivity contribution is -0.144. The van der Waals surface area contributed by atoms with Crippen LogP contribution in [-0.2, 0) is 20.7 Å². The summed E-state index contributed by atoms with van der Waals surface area (Å²) in [5, 5.41) is 21.3. The zero-order valence-electron chi connectivity index (χ0n) is 16.1. The quantitative estimate of drug-likeness (QED) is 0.622. The molecule has 1 aliphatic heterocycles. The molecule has 150 valence electrons. The topological polar surface area (TPSA) is 83.8 Å². The van der Waals surface area contributed by atoms with E-state index in [2.05, 4.69) is 24.3 Å². The Labute approximate surface area is 165 Å². The third kappa shape index (κ3) is 5.32. The number of carboxylic acids is 2. The van der Waals surface area contributed by atoms with Crippen LogP contribution in [0.15, 0.2) is 42.5 Å². The Hall–Kier alpha value is -2.40. The second-order valence-electron chi connectivity index (χ2n) is 7.95. The van der Waals surface area contributed by atoms with E-state index in [1.807, 2.05) is 18.2 Å². The highest BCUT2D eigenvalue weighted by molar-refractivity contribution is 5.85. The molecule has 0 amide bonds. The van der Waals surface area contributed by atoms with Gasteiger partial charge in [-0.1, -0.05) is 42.5 Å². The van der Waals surface area contributed by atoms with Crippen LogP contribution >= 0.6 is 0 Å². The van der Waals surface area contributed by atoms with Gasteiger partial charge < -0.3 is 14.9 Å². The fourth-order valence-corrected chi connectivity index (χ4v) is 4.43. The predicted octanol–water partition coefficient (Wildman–Crippen LogP) is 4.67. The zero-order valence-corrected chi connectivity index (χ0v) is 16.1. The molecule has 2 aromatic rings. The molecule has 1 fully saturated rings. The lowest BCUT2D eigenvalue weighted by Gasteiger charge is -2.32. The summed E-state index contributed by atoms with van der Waals surface area (Å²) in [6, 6.07) is 14.2. The van der Waals surface area contributed by atoms with E-state index < -0.39 is 17.4 Å². The number of benzene rings is 2. The summed E-state index contributed by atoms with van der Waals surface area (Å²) in [5.41, 5.74) is 0.371. The maximum Gasteiger partial charge on any atom is 0.303 e. The molecule has 1 heterocycles. The molecule has 0 aromatic heterocycles. The van der Waals surface area contributed by atoms with E-state index in [1.54, 1.807) is 0 Å². The van der Waals surface area contributed by atoms with Crippen molar-refractivity contribution in [2.24, 2.45) is 5.41 Å². The molecule has 0 aliphatic carbocycles. The normalized spacial score (nSPS) is 17.1. The van der Waals surface area contributed by atoms with Crippen molar-refractivity contribution in [3.63, 3.8) is 0 Å². The minimum absolute atomic E-state index is 0.125. The summed E-state index contributed by atoms with van der Waals surface area (Å²) in [4.78, 5) is 23.2. The standard InChI is InChI=1S/C23H28O5/c24-21(25)15-23(16-22(26)27,13-11-19-8-4-14-28-19)12-10-18-7-3-6-17-5-1-2-9-20(17)18/h1-3,5-7,9,19H,4,8,10-16H2,(H,24,25)(H,26,27). The summed E-state index contributed by atoms with van der Waals surface area (Å²) in [6.07, 6.45) is 4.33. The number of rotatable bonds is 10. The molecule has 0 saturated carbocycles. The van der Waals surface area contributed by atoms with Crippen molar-refractivity contribution in [2.75, 3.05) is 6.61 Å². The zero-order chi connectivity index (χ0) is 20.0. The van der Waals surface area contributed by atoms with Crippen LogP contribution in [0.4, 0.5) is 0 Å². The number of ether oxygens (including phenoxy) is 1. The number of carboxylic acid groups (broad SMARTS) is 2. The van der Waals surface area contributed by atoms with Crippen molar-refractivity contribution >= 4 is 22.7 Å². The fraction of sp³-hybridized carbons (Fsp3) is 0.478. The molecule has 1 unspecified atom stereocenters. The van der Waals surface area contributed by atoms with Crippen LogP contribution in [0.5, 0.6) is 0 Å². The van der Waals surface area contributed by atoms with Crippen LogP contribution in [0.25, 0.3) is 10.8 Å². The van der Waals surface area contributed by atoms with E-state index >= 15 is 0 Å². The SMILES string of the molecule is O=C(O)CC(CCc1cccc2ccccc12)(CCC1CCCO1)CC(=O)O. The first-order valence-electron chi connectivity index (χ1n) is 9.99. The highest BCUT2D eigenvalue weighted by Crippen LogP contribution is 2.40. The first-order valence-corrected chi connectivity index (χ1v) is 9.99. The summed E-state index contributed by atoms with van der Waals surface area (Å²) in [6.45, 7) is 0.742. The predicted molar refractivity (Wildman–Crippen MR) is 107 cm³/mol. The second kappa shape index (κ2) is 9.20. The average molecular weight is 384 g/mol. The maximum absolute atomic E-state index is 11.6. The lowest BCUT2D eigenvalue weighted by Crippen LogP contribution is -2.30. The van der Waals surface area contributed by atoms with E-state index in [9.17, 15) is 19.8 Å². The average Bonchev–Trinajstić information content (AvgIpc) is 3.17. The molecular weight excluding hydrogens is 356 g/mol. The molecule has 2 aromatic carbocycles. The summed E-state index contributed by atoms with van der Waals surface area (Å²) in [5.74, 6) is -1.88. The monoisotopic (exact) mass is 384 g/mol. The molecule has 5 nitrogen and oxygen atoms in total. The smallest absolute Gasteiger partial charge is 0.303 e. The molecular formula is C23H28O5.